The molecule has 0 aliphatic heterocycles. The highest BCUT2D eigenvalue weighted by Gasteiger charge is 2.10. The average Bonchev–Trinajstić information content (AvgIpc) is 2.58. The van der Waals surface area contributed by atoms with Gasteiger partial charge in [0.15, 0.2) is 0 Å². The van der Waals surface area contributed by atoms with Crippen molar-refractivity contribution >= 4 is 0 Å². The summed E-state index contributed by atoms with van der Waals surface area (Å²) < 4.78 is 0. The molecule has 0 unspecified atom stereocenters. The second kappa shape index (κ2) is 14.0. The Morgan fingerprint density at radius 3 is 1.92 bits per heavy atom. The van der Waals surface area contributed by atoms with E-state index in [9.17, 15) is 10.2 Å². The molecule has 0 saturated heterocycles. The summed E-state index contributed by atoms with van der Waals surface area (Å²) in [5.41, 5.74) is 3.74. The Morgan fingerprint density at radius 2 is 1.44 bits per heavy atom. The number of aliphatic hydroxyl groups excluding tert-OH is 4. The molecule has 4 heteroatoms. The SMILES string of the molecule is C=C(C[C@@H](O)/C(C)=C/CC/C(=C/CC/C(=C\CO)CO)CO)C(C)C. The molecule has 0 radical (unpaired) electrons. The van der Waals surface area contributed by atoms with E-state index >= 15 is 0 Å². The van der Waals surface area contributed by atoms with Gasteiger partial charge in [0.2, 0.25) is 0 Å². The van der Waals surface area contributed by atoms with Crippen LogP contribution in [0.2, 0.25) is 0 Å². The minimum Gasteiger partial charge on any atom is -0.392 e. The van der Waals surface area contributed by atoms with Crippen molar-refractivity contribution in [2.75, 3.05) is 19.8 Å². The molecule has 0 heterocycles. The normalized spacial score (nSPS) is 15.0. The van der Waals surface area contributed by atoms with Crippen LogP contribution >= 0.6 is 0 Å². The predicted octanol–water partition coefficient (Wildman–Crippen LogP) is 3.29. The lowest BCUT2D eigenvalue weighted by Gasteiger charge is -2.16. The van der Waals surface area contributed by atoms with Crippen LogP contribution < -0.4 is 0 Å². The summed E-state index contributed by atoms with van der Waals surface area (Å²) in [4.78, 5) is 0. The molecule has 4 nitrogen and oxygen atoms in total. The maximum Gasteiger partial charge on any atom is 0.0784 e. The summed E-state index contributed by atoms with van der Waals surface area (Å²) in [6.45, 7) is 9.96. The van der Waals surface area contributed by atoms with E-state index in [0.29, 0.717) is 18.8 Å². The van der Waals surface area contributed by atoms with E-state index in [1.165, 1.54) is 0 Å². The Kier molecular flexibility index (Phi) is 13.3. The lowest BCUT2D eigenvalue weighted by atomic mass is 9.95. The molecule has 0 bridgehead atoms. The first-order valence-corrected chi connectivity index (χ1v) is 9.06. The lowest BCUT2D eigenvalue weighted by Crippen LogP contribution is -2.11. The van der Waals surface area contributed by atoms with Crippen molar-refractivity contribution < 1.29 is 20.4 Å². The fourth-order valence-electron chi connectivity index (χ4n) is 2.35. The van der Waals surface area contributed by atoms with E-state index < -0.39 is 6.10 Å². The number of allylic oxidation sites excluding steroid dienone is 2. The van der Waals surface area contributed by atoms with Crippen molar-refractivity contribution in [3.63, 3.8) is 0 Å². The van der Waals surface area contributed by atoms with Gasteiger partial charge in [0.1, 0.15) is 0 Å². The molecule has 4 N–H and O–H groups in total. The summed E-state index contributed by atoms with van der Waals surface area (Å²) in [6.07, 6.45) is 8.62. The molecule has 0 aliphatic rings. The Morgan fingerprint density at radius 1 is 0.920 bits per heavy atom. The van der Waals surface area contributed by atoms with Crippen LogP contribution in [0.4, 0.5) is 0 Å². The molecular weight excluding hydrogens is 316 g/mol. The molecule has 0 aromatic heterocycles. The maximum absolute atomic E-state index is 10.2. The van der Waals surface area contributed by atoms with E-state index in [-0.39, 0.29) is 19.8 Å². The van der Waals surface area contributed by atoms with Crippen LogP contribution in [-0.2, 0) is 0 Å². The highest BCUT2D eigenvalue weighted by atomic mass is 16.3. The highest BCUT2D eigenvalue weighted by Crippen LogP contribution is 2.19. The third-order valence-electron chi connectivity index (χ3n) is 4.41. The van der Waals surface area contributed by atoms with Crippen molar-refractivity contribution in [1.29, 1.82) is 0 Å². The van der Waals surface area contributed by atoms with E-state index in [0.717, 1.165) is 41.6 Å². The Bertz CT molecular complexity index is 472. The second-order valence-electron chi connectivity index (χ2n) is 6.78. The van der Waals surface area contributed by atoms with Gasteiger partial charge in [0, 0.05) is 0 Å². The zero-order valence-corrected chi connectivity index (χ0v) is 16.0. The van der Waals surface area contributed by atoms with Gasteiger partial charge < -0.3 is 20.4 Å². The van der Waals surface area contributed by atoms with E-state index in [4.69, 9.17) is 10.2 Å². The van der Waals surface area contributed by atoms with Crippen molar-refractivity contribution in [3.8, 4) is 0 Å². The largest absolute Gasteiger partial charge is 0.392 e. The third-order valence-corrected chi connectivity index (χ3v) is 4.41. The smallest absolute Gasteiger partial charge is 0.0784 e. The van der Waals surface area contributed by atoms with E-state index in [2.05, 4.69) is 20.4 Å². The highest BCUT2D eigenvalue weighted by molar-refractivity contribution is 5.13. The summed E-state index contributed by atoms with van der Waals surface area (Å²) in [7, 11) is 0. The Hall–Kier alpha value is -1.20. The summed E-state index contributed by atoms with van der Waals surface area (Å²) in [6, 6.07) is 0. The van der Waals surface area contributed by atoms with E-state index in [1.807, 2.05) is 19.1 Å². The number of rotatable bonds is 13. The molecule has 0 amide bonds. The maximum atomic E-state index is 10.2. The molecule has 0 spiro atoms. The van der Waals surface area contributed by atoms with Crippen LogP contribution in [0.5, 0.6) is 0 Å². The molecular formula is C21H36O4. The van der Waals surface area contributed by atoms with Crippen LogP contribution in [-0.4, -0.2) is 46.4 Å². The van der Waals surface area contributed by atoms with Gasteiger partial charge in [-0.15, -0.1) is 0 Å². The van der Waals surface area contributed by atoms with Gasteiger partial charge in [-0.1, -0.05) is 44.2 Å². The van der Waals surface area contributed by atoms with Gasteiger partial charge in [-0.2, -0.15) is 0 Å². The van der Waals surface area contributed by atoms with Crippen molar-refractivity contribution in [2.45, 2.75) is 59.0 Å². The molecule has 0 aliphatic carbocycles. The van der Waals surface area contributed by atoms with Crippen LogP contribution in [0.3, 0.4) is 0 Å². The second-order valence-corrected chi connectivity index (χ2v) is 6.78. The number of hydrogen-bond donors (Lipinski definition) is 4. The molecule has 144 valence electrons. The minimum absolute atomic E-state index is 0.0117. The molecule has 0 aromatic rings. The van der Waals surface area contributed by atoms with Gasteiger partial charge in [-0.05, 0) is 61.7 Å². The van der Waals surface area contributed by atoms with Crippen LogP contribution in [0, 0.1) is 5.92 Å². The summed E-state index contributed by atoms with van der Waals surface area (Å²) >= 11 is 0. The van der Waals surface area contributed by atoms with E-state index in [1.54, 1.807) is 6.08 Å². The first kappa shape index (κ1) is 23.8. The quantitative estimate of drug-likeness (QED) is 0.384. The fourth-order valence-corrected chi connectivity index (χ4v) is 2.35. The van der Waals surface area contributed by atoms with Crippen LogP contribution in [0.25, 0.3) is 0 Å². The van der Waals surface area contributed by atoms with Gasteiger partial charge in [0.25, 0.3) is 0 Å². The average molecular weight is 353 g/mol. The minimum atomic E-state index is -0.493. The predicted molar refractivity (Wildman–Crippen MR) is 104 cm³/mol. The number of hydrogen-bond acceptors (Lipinski definition) is 4. The molecule has 0 rings (SSSR count). The standard InChI is InChI=1S/C21H36O4/c1-16(2)18(4)13-21(25)17(3)7-5-8-19(14-23)9-6-10-20(15-24)11-12-22/h7,9,11,16,21-25H,4-6,8,10,12-15H2,1-3H3/b17-7+,19-9-,20-11+/t21-/m1/s1. The van der Waals surface area contributed by atoms with Crippen LogP contribution in [0.1, 0.15) is 52.9 Å². The molecule has 25 heavy (non-hydrogen) atoms. The topological polar surface area (TPSA) is 80.9 Å². The Labute approximate surface area is 152 Å². The monoisotopic (exact) mass is 352 g/mol. The van der Waals surface area contributed by atoms with Gasteiger partial charge in [0.05, 0.1) is 25.9 Å². The number of aliphatic hydroxyl groups is 4. The van der Waals surface area contributed by atoms with Gasteiger partial charge in [-0.3, -0.25) is 0 Å². The van der Waals surface area contributed by atoms with Crippen molar-refractivity contribution in [3.05, 3.63) is 47.1 Å². The fraction of sp³-hybridized carbons (Fsp3) is 0.619. The molecule has 1 atom stereocenters. The molecule has 0 fully saturated rings. The van der Waals surface area contributed by atoms with Crippen LogP contribution in [0.15, 0.2) is 47.1 Å². The summed E-state index contributed by atoms with van der Waals surface area (Å²) in [5, 5.41) is 37.6. The summed E-state index contributed by atoms with van der Waals surface area (Å²) in [5.74, 6) is 0.370. The van der Waals surface area contributed by atoms with Crippen molar-refractivity contribution in [1.82, 2.24) is 0 Å². The lowest BCUT2D eigenvalue weighted by molar-refractivity contribution is 0.208. The Balaban J connectivity index is 4.42. The zero-order chi connectivity index (χ0) is 19.2. The third kappa shape index (κ3) is 11.1. The molecule has 0 aromatic carbocycles. The first-order valence-electron chi connectivity index (χ1n) is 9.06. The zero-order valence-electron chi connectivity index (χ0n) is 16.0. The first-order chi connectivity index (χ1) is 11.8. The van der Waals surface area contributed by atoms with Gasteiger partial charge >= 0.3 is 0 Å². The van der Waals surface area contributed by atoms with Crippen molar-refractivity contribution in [2.24, 2.45) is 5.92 Å². The van der Waals surface area contributed by atoms with Gasteiger partial charge in [-0.25, -0.2) is 0 Å². The molecule has 0 saturated carbocycles.